The van der Waals surface area contributed by atoms with E-state index in [-0.39, 0.29) is 0 Å². The van der Waals surface area contributed by atoms with E-state index in [2.05, 4.69) is 17.2 Å². The monoisotopic (exact) mass is 351 g/mol. The maximum Gasteiger partial charge on any atom is 0.228 e. The molecule has 104 valence electrons. The fraction of sp³-hybridized carbons (Fsp3) is 0.800. The van der Waals surface area contributed by atoms with E-state index in [4.69, 9.17) is 58.0 Å². The number of nitrogens with zero attached hydrogens (tertiary/aromatic N) is 3. The summed E-state index contributed by atoms with van der Waals surface area (Å²) in [5.74, 6) is 0. The normalized spacial score (nSPS) is 13.1. The van der Waals surface area contributed by atoms with E-state index in [0.29, 0.717) is 24.4 Å². The number of hydrogen-bond donors (Lipinski definition) is 0. The Kier molecular flexibility index (Phi) is 5.88. The highest BCUT2D eigenvalue weighted by atomic mass is 35.6. The van der Waals surface area contributed by atoms with Crippen LogP contribution in [-0.2, 0) is 17.3 Å². The van der Waals surface area contributed by atoms with Crippen LogP contribution in [0.5, 0.6) is 0 Å². The third-order valence-electron chi connectivity index (χ3n) is 2.52. The molecule has 1 rings (SSSR count). The van der Waals surface area contributed by atoms with Gasteiger partial charge in [-0.15, -0.1) is 5.10 Å². The van der Waals surface area contributed by atoms with Crippen LogP contribution in [-0.4, -0.2) is 18.8 Å². The van der Waals surface area contributed by atoms with Crippen molar-refractivity contribution in [2.24, 2.45) is 0 Å². The van der Waals surface area contributed by atoms with Crippen molar-refractivity contribution in [1.82, 2.24) is 15.0 Å². The van der Waals surface area contributed by atoms with Crippen molar-refractivity contribution in [3.05, 3.63) is 11.4 Å². The van der Waals surface area contributed by atoms with Crippen LogP contribution >= 0.6 is 58.0 Å². The van der Waals surface area contributed by atoms with E-state index < -0.39 is 8.13 Å². The first kappa shape index (κ1) is 16.6. The van der Waals surface area contributed by atoms with Crippen molar-refractivity contribution in [1.29, 1.82) is 0 Å². The Hall–Kier alpha value is 0.590. The first-order chi connectivity index (χ1) is 8.25. The summed E-state index contributed by atoms with van der Waals surface area (Å²) in [6, 6.07) is 0. The van der Waals surface area contributed by atoms with E-state index in [1.54, 1.807) is 4.68 Å². The summed E-state index contributed by atoms with van der Waals surface area (Å²) in [4.78, 5) is 0. The van der Waals surface area contributed by atoms with Crippen molar-refractivity contribution in [3.63, 3.8) is 0 Å². The molecule has 18 heavy (non-hydrogen) atoms. The summed E-state index contributed by atoms with van der Waals surface area (Å²) < 4.78 is -1.92. The molecular weight excluding hydrogens is 339 g/mol. The maximum atomic E-state index is 6.22. The number of alkyl halides is 5. The number of unbranched alkanes of at least 4 members (excludes halogenated alkanes) is 1. The second-order valence-electron chi connectivity index (χ2n) is 3.89. The van der Waals surface area contributed by atoms with Gasteiger partial charge in [0.25, 0.3) is 0 Å². The van der Waals surface area contributed by atoms with Crippen molar-refractivity contribution < 1.29 is 0 Å². The average molecular weight is 354 g/mol. The van der Waals surface area contributed by atoms with Crippen molar-refractivity contribution in [2.75, 3.05) is 0 Å². The smallest absolute Gasteiger partial charge is 0.228 e. The van der Waals surface area contributed by atoms with Crippen molar-refractivity contribution in [3.8, 4) is 0 Å². The Morgan fingerprint density at radius 1 is 1.11 bits per heavy atom. The fourth-order valence-corrected chi connectivity index (χ4v) is 2.21. The molecule has 0 saturated carbocycles. The van der Waals surface area contributed by atoms with E-state index in [1.165, 1.54) is 0 Å². The molecule has 0 saturated heterocycles. The summed E-state index contributed by atoms with van der Waals surface area (Å²) >= 11 is 30.0. The van der Waals surface area contributed by atoms with Gasteiger partial charge in [0.2, 0.25) is 8.13 Å². The molecule has 0 fully saturated rings. The summed E-state index contributed by atoms with van der Waals surface area (Å²) in [5.41, 5.74) is 1.10. The molecule has 1 aromatic heterocycles. The summed E-state index contributed by atoms with van der Waals surface area (Å²) in [6.07, 6.45) is 2.54. The van der Waals surface area contributed by atoms with Crippen molar-refractivity contribution in [2.45, 2.75) is 47.8 Å². The van der Waals surface area contributed by atoms with Crippen molar-refractivity contribution >= 4 is 58.0 Å². The van der Waals surface area contributed by atoms with Gasteiger partial charge in [-0.2, -0.15) is 0 Å². The van der Waals surface area contributed by atoms with E-state index in [1.807, 2.05) is 6.92 Å². The van der Waals surface area contributed by atoms with Crippen LogP contribution in [0.1, 0.15) is 38.1 Å². The number of hydrogen-bond acceptors (Lipinski definition) is 2. The fourth-order valence-electron chi connectivity index (χ4n) is 1.53. The van der Waals surface area contributed by atoms with Gasteiger partial charge in [-0.25, -0.2) is 4.68 Å². The van der Waals surface area contributed by atoms with Gasteiger partial charge in [0.1, 0.15) is 5.69 Å². The summed E-state index contributed by atoms with van der Waals surface area (Å²) in [5, 5.41) is 8.06. The predicted octanol–water partition coefficient (Wildman–Crippen LogP) is 4.64. The molecule has 0 radical (unpaired) electrons. The summed E-state index contributed by atoms with van der Waals surface area (Å²) in [6.45, 7) is 4.63. The minimum Gasteiger partial charge on any atom is -0.246 e. The lowest BCUT2D eigenvalue weighted by molar-refractivity contribution is 0.522. The van der Waals surface area contributed by atoms with Gasteiger partial charge in [0.05, 0.1) is 5.69 Å². The SMILES string of the molecule is CCCCn1nnc(CC)c1C(Cl)(Cl)C(Cl)(Cl)Cl. The molecule has 8 heteroatoms. The number of aryl methyl sites for hydroxylation is 2. The molecule has 0 aromatic carbocycles. The molecule has 0 aliphatic rings. The van der Waals surface area contributed by atoms with Crippen LogP contribution in [0.3, 0.4) is 0 Å². The third kappa shape index (κ3) is 3.37. The summed E-state index contributed by atoms with van der Waals surface area (Å²) in [7, 11) is 0. The van der Waals surface area contributed by atoms with Crippen LogP contribution in [0.15, 0.2) is 0 Å². The number of halogens is 5. The minimum atomic E-state index is -1.86. The highest BCUT2D eigenvalue weighted by Crippen LogP contribution is 2.53. The van der Waals surface area contributed by atoms with Crippen LogP contribution < -0.4 is 0 Å². The quantitative estimate of drug-likeness (QED) is 0.722. The lowest BCUT2D eigenvalue weighted by Gasteiger charge is -2.28. The van der Waals surface area contributed by atoms with Gasteiger partial charge in [-0.05, 0) is 12.8 Å². The van der Waals surface area contributed by atoms with E-state index >= 15 is 0 Å². The molecule has 0 aliphatic heterocycles. The topological polar surface area (TPSA) is 30.7 Å². The lowest BCUT2D eigenvalue weighted by atomic mass is 10.2. The van der Waals surface area contributed by atoms with Crippen LogP contribution in [0.4, 0.5) is 0 Å². The second-order valence-corrected chi connectivity index (χ2v) is 7.50. The molecule has 0 N–H and O–H groups in total. The predicted molar refractivity (Wildman–Crippen MR) is 78.0 cm³/mol. The number of rotatable bonds is 5. The Labute approximate surface area is 132 Å². The van der Waals surface area contributed by atoms with E-state index in [9.17, 15) is 0 Å². The molecule has 3 nitrogen and oxygen atoms in total. The highest BCUT2D eigenvalue weighted by molar-refractivity contribution is 6.75. The van der Waals surface area contributed by atoms with Gasteiger partial charge in [0, 0.05) is 6.54 Å². The van der Waals surface area contributed by atoms with Crippen LogP contribution in [0.2, 0.25) is 0 Å². The minimum absolute atomic E-state index is 0.460. The van der Waals surface area contributed by atoms with Gasteiger partial charge in [-0.3, -0.25) is 0 Å². The van der Waals surface area contributed by atoms with Gasteiger partial charge >= 0.3 is 0 Å². The Bertz CT molecular complexity index is 397. The van der Waals surface area contributed by atoms with Crippen LogP contribution in [0, 0.1) is 0 Å². The van der Waals surface area contributed by atoms with E-state index in [0.717, 1.165) is 12.8 Å². The standard InChI is InChI=1S/C10H14Cl5N3/c1-3-5-6-18-8(7(4-2)16-17-18)9(11,12)10(13,14)15/h3-6H2,1-2H3. The molecule has 0 atom stereocenters. The first-order valence-corrected chi connectivity index (χ1v) is 7.52. The maximum absolute atomic E-state index is 6.22. The Balaban J connectivity index is 3.23. The molecule has 1 heterocycles. The van der Waals surface area contributed by atoms with Gasteiger partial charge in [0.15, 0.2) is 0 Å². The number of aromatic nitrogens is 3. The Morgan fingerprint density at radius 2 is 1.72 bits per heavy atom. The molecule has 1 aromatic rings. The zero-order valence-electron chi connectivity index (χ0n) is 10.1. The molecule has 0 spiro atoms. The van der Waals surface area contributed by atoms with Crippen LogP contribution in [0.25, 0.3) is 0 Å². The molecule has 0 bridgehead atoms. The van der Waals surface area contributed by atoms with Gasteiger partial charge < -0.3 is 0 Å². The average Bonchev–Trinajstić information content (AvgIpc) is 2.68. The molecule has 0 unspecified atom stereocenters. The zero-order chi connectivity index (χ0) is 14.0. The highest BCUT2D eigenvalue weighted by Gasteiger charge is 2.51. The molecule has 0 amide bonds. The Morgan fingerprint density at radius 3 is 2.17 bits per heavy atom. The lowest BCUT2D eigenvalue weighted by Crippen LogP contribution is -2.32. The zero-order valence-corrected chi connectivity index (χ0v) is 13.8. The third-order valence-corrected chi connectivity index (χ3v) is 4.87. The molecule has 0 aliphatic carbocycles. The van der Waals surface area contributed by atoms with Gasteiger partial charge in [-0.1, -0.05) is 83.5 Å². The largest absolute Gasteiger partial charge is 0.246 e. The molecular formula is C10H14Cl5N3. The second kappa shape index (κ2) is 6.36. The first-order valence-electron chi connectivity index (χ1n) is 5.63.